The number of ether oxygens (including phenoxy) is 1. The number of anilines is 1. The van der Waals surface area contributed by atoms with Crippen LogP contribution in [-0.4, -0.2) is 54.1 Å². The van der Waals surface area contributed by atoms with Crippen LogP contribution in [-0.2, 0) is 4.79 Å². The van der Waals surface area contributed by atoms with E-state index >= 15 is 0 Å². The molecule has 0 aromatic carbocycles. The molecule has 2 aliphatic rings. The summed E-state index contributed by atoms with van der Waals surface area (Å²) in [6, 6.07) is 0. The van der Waals surface area contributed by atoms with Crippen LogP contribution in [0.15, 0.2) is 12.4 Å². The van der Waals surface area contributed by atoms with Gasteiger partial charge in [0, 0.05) is 39.0 Å². The minimum absolute atomic E-state index is 0.00916. The van der Waals surface area contributed by atoms with Gasteiger partial charge in [-0.25, -0.2) is 9.97 Å². The van der Waals surface area contributed by atoms with E-state index in [-0.39, 0.29) is 12.0 Å². The lowest BCUT2D eigenvalue weighted by Gasteiger charge is -2.37. The number of hydrogen-bond acceptors (Lipinski definition) is 5. The predicted octanol–water partition coefficient (Wildman–Crippen LogP) is 3.37. The highest BCUT2D eigenvalue weighted by molar-refractivity contribution is 5.79. The van der Waals surface area contributed by atoms with Gasteiger partial charge in [-0.2, -0.15) is 0 Å². The lowest BCUT2D eigenvalue weighted by Crippen LogP contribution is -2.47. The van der Waals surface area contributed by atoms with Crippen molar-refractivity contribution in [3.63, 3.8) is 0 Å². The molecular weight excluding hydrogens is 340 g/mol. The van der Waals surface area contributed by atoms with Crippen molar-refractivity contribution in [3.8, 4) is 5.88 Å². The van der Waals surface area contributed by atoms with E-state index < -0.39 is 0 Å². The standard InChI is InChI=1S/C21H34N4O2/c1-15(2)16-7-9-17(10-8-16)21(26)25-13-5-6-18(14-25)27-20-19(24(3)4)22-11-12-23-20/h11-12,15-18H,5-10,13-14H2,1-4H3. The van der Waals surface area contributed by atoms with Gasteiger partial charge in [-0.05, 0) is 50.4 Å². The summed E-state index contributed by atoms with van der Waals surface area (Å²) in [6.45, 7) is 6.11. The first kappa shape index (κ1) is 19.9. The third kappa shape index (κ3) is 4.90. The van der Waals surface area contributed by atoms with Gasteiger partial charge in [0.15, 0.2) is 5.82 Å². The van der Waals surface area contributed by atoms with E-state index in [1.54, 1.807) is 12.4 Å². The van der Waals surface area contributed by atoms with Gasteiger partial charge in [0.2, 0.25) is 5.91 Å². The maximum atomic E-state index is 13.0. The summed E-state index contributed by atoms with van der Waals surface area (Å²) in [5, 5.41) is 0. The van der Waals surface area contributed by atoms with E-state index in [9.17, 15) is 4.79 Å². The molecule has 0 N–H and O–H groups in total. The summed E-state index contributed by atoms with van der Waals surface area (Å²) in [6.07, 6.45) is 9.71. The third-order valence-electron chi connectivity index (χ3n) is 6.10. The van der Waals surface area contributed by atoms with Crippen molar-refractivity contribution in [1.82, 2.24) is 14.9 Å². The summed E-state index contributed by atoms with van der Waals surface area (Å²) in [5.41, 5.74) is 0. The topological polar surface area (TPSA) is 58.6 Å². The molecule has 0 bridgehead atoms. The molecule has 1 aromatic rings. The SMILES string of the molecule is CC(C)C1CCC(C(=O)N2CCCC(Oc3nccnc3N(C)C)C2)CC1. The largest absolute Gasteiger partial charge is 0.470 e. The van der Waals surface area contributed by atoms with Crippen molar-refractivity contribution in [2.75, 3.05) is 32.1 Å². The highest BCUT2D eigenvalue weighted by atomic mass is 16.5. The molecule has 1 aliphatic carbocycles. The lowest BCUT2D eigenvalue weighted by atomic mass is 9.76. The van der Waals surface area contributed by atoms with E-state index in [1.807, 2.05) is 23.9 Å². The molecule has 3 rings (SSSR count). The molecule has 1 unspecified atom stereocenters. The first-order valence-electron chi connectivity index (χ1n) is 10.4. The van der Waals surface area contributed by atoms with Crippen LogP contribution < -0.4 is 9.64 Å². The Morgan fingerprint density at radius 1 is 1.15 bits per heavy atom. The van der Waals surface area contributed by atoms with Gasteiger partial charge < -0.3 is 14.5 Å². The zero-order valence-electron chi connectivity index (χ0n) is 17.2. The number of nitrogens with zero attached hydrogens (tertiary/aromatic N) is 4. The molecule has 0 radical (unpaired) electrons. The van der Waals surface area contributed by atoms with E-state index in [0.29, 0.717) is 18.3 Å². The van der Waals surface area contributed by atoms with Gasteiger partial charge in [-0.3, -0.25) is 4.79 Å². The number of carbonyl (C=O) groups is 1. The van der Waals surface area contributed by atoms with Crippen LogP contribution in [0, 0.1) is 17.8 Å². The summed E-state index contributed by atoms with van der Waals surface area (Å²) in [7, 11) is 3.86. The molecule has 27 heavy (non-hydrogen) atoms. The second-order valence-electron chi connectivity index (χ2n) is 8.60. The maximum absolute atomic E-state index is 13.0. The molecular formula is C21H34N4O2. The van der Waals surface area contributed by atoms with Gasteiger partial charge in [0.25, 0.3) is 5.88 Å². The lowest BCUT2D eigenvalue weighted by molar-refractivity contribution is -0.139. The highest BCUT2D eigenvalue weighted by Gasteiger charge is 2.33. The Morgan fingerprint density at radius 2 is 1.85 bits per heavy atom. The minimum Gasteiger partial charge on any atom is -0.470 e. The number of aromatic nitrogens is 2. The van der Waals surface area contributed by atoms with E-state index in [4.69, 9.17) is 4.74 Å². The molecule has 1 atom stereocenters. The zero-order valence-corrected chi connectivity index (χ0v) is 17.2. The number of rotatable bonds is 5. The Balaban J connectivity index is 1.57. The van der Waals surface area contributed by atoms with Gasteiger partial charge in [-0.1, -0.05) is 13.8 Å². The van der Waals surface area contributed by atoms with Crippen LogP contribution in [0.1, 0.15) is 52.4 Å². The molecule has 2 fully saturated rings. The molecule has 150 valence electrons. The fraction of sp³-hybridized carbons (Fsp3) is 0.762. The molecule has 6 nitrogen and oxygen atoms in total. The summed E-state index contributed by atoms with van der Waals surface area (Å²) in [4.78, 5) is 25.7. The molecule has 1 saturated carbocycles. The molecule has 0 spiro atoms. The van der Waals surface area contributed by atoms with Crippen LogP contribution in [0.3, 0.4) is 0 Å². The Labute approximate surface area is 163 Å². The second-order valence-corrected chi connectivity index (χ2v) is 8.60. The van der Waals surface area contributed by atoms with E-state index in [2.05, 4.69) is 23.8 Å². The van der Waals surface area contributed by atoms with Crippen molar-refractivity contribution < 1.29 is 9.53 Å². The predicted molar refractivity (Wildman–Crippen MR) is 107 cm³/mol. The van der Waals surface area contributed by atoms with E-state index in [0.717, 1.165) is 49.9 Å². The average molecular weight is 375 g/mol. The molecule has 1 amide bonds. The number of amides is 1. The number of piperidine rings is 1. The van der Waals surface area contributed by atoms with Crippen molar-refractivity contribution >= 4 is 11.7 Å². The highest BCUT2D eigenvalue weighted by Crippen LogP contribution is 2.34. The molecule has 2 heterocycles. The van der Waals surface area contributed by atoms with E-state index in [1.165, 1.54) is 12.8 Å². The van der Waals surface area contributed by atoms with Crippen molar-refractivity contribution in [1.29, 1.82) is 0 Å². The van der Waals surface area contributed by atoms with Crippen LogP contribution >= 0.6 is 0 Å². The Hall–Kier alpha value is -1.85. The minimum atomic E-state index is -0.00916. The summed E-state index contributed by atoms with van der Waals surface area (Å²) in [5.74, 6) is 3.33. The monoisotopic (exact) mass is 374 g/mol. The number of carbonyl (C=O) groups excluding carboxylic acids is 1. The second kappa shape index (κ2) is 8.89. The quantitative estimate of drug-likeness (QED) is 0.791. The van der Waals surface area contributed by atoms with Gasteiger partial charge >= 0.3 is 0 Å². The van der Waals surface area contributed by atoms with Crippen molar-refractivity contribution in [2.45, 2.75) is 58.5 Å². The Morgan fingerprint density at radius 3 is 2.52 bits per heavy atom. The Kier molecular flexibility index (Phi) is 6.55. The van der Waals surface area contributed by atoms with Crippen molar-refractivity contribution in [3.05, 3.63) is 12.4 Å². The molecule has 1 aromatic heterocycles. The van der Waals surface area contributed by atoms with Crippen molar-refractivity contribution in [2.24, 2.45) is 17.8 Å². The summed E-state index contributed by atoms with van der Waals surface area (Å²) < 4.78 is 6.15. The van der Waals surface area contributed by atoms with Crippen LogP contribution in [0.4, 0.5) is 5.82 Å². The first-order valence-corrected chi connectivity index (χ1v) is 10.4. The smallest absolute Gasteiger partial charge is 0.257 e. The molecule has 1 aliphatic heterocycles. The average Bonchev–Trinajstić information content (AvgIpc) is 2.68. The van der Waals surface area contributed by atoms with Crippen LogP contribution in [0.5, 0.6) is 5.88 Å². The normalized spacial score (nSPS) is 26.1. The van der Waals surface area contributed by atoms with Gasteiger partial charge in [0.1, 0.15) is 6.10 Å². The third-order valence-corrected chi connectivity index (χ3v) is 6.10. The fourth-order valence-corrected chi connectivity index (χ4v) is 4.39. The maximum Gasteiger partial charge on any atom is 0.257 e. The van der Waals surface area contributed by atoms with Gasteiger partial charge in [0.05, 0.1) is 6.54 Å². The fourth-order valence-electron chi connectivity index (χ4n) is 4.39. The van der Waals surface area contributed by atoms with Crippen LogP contribution in [0.25, 0.3) is 0 Å². The number of likely N-dealkylation sites (tertiary alicyclic amines) is 1. The van der Waals surface area contributed by atoms with Gasteiger partial charge in [-0.15, -0.1) is 0 Å². The number of hydrogen-bond donors (Lipinski definition) is 0. The zero-order chi connectivity index (χ0) is 19.4. The summed E-state index contributed by atoms with van der Waals surface area (Å²) >= 11 is 0. The van der Waals surface area contributed by atoms with Crippen LogP contribution in [0.2, 0.25) is 0 Å². The molecule has 1 saturated heterocycles. The Bertz CT molecular complexity index is 626. The molecule has 6 heteroatoms. The first-order chi connectivity index (χ1) is 13.0.